The molecule has 0 atom stereocenters. The van der Waals surface area contributed by atoms with Gasteiger partial charge in [0.2, 0.25) is 11.0 Å². The normalized spacial score (nSPS) is 11.2. The van der Waals surface area contributed by atoms with E-state index in [1.165, 1.54) is 23.7 Å². The number of benzene rings is 1. The lowest BCUT2D eigenvalue weighted by molar-refractivity contribution is -0.274. The van der Waals surface area contributed by atoms with E-state index in [4.69, 9.17) is 0 Å². The number of halogens is 3. The average molecular weight is 317 g/mol. The van der Waals surface area contributed by atoms with Crippen LogP contribution in [0.1, 0.15) is 12.0 Å². The largest absolute Gasteiger partial charge is 0.573 e. The van der Waals surface area contributed by atoms with Crippen LogP contribution in [0.2, 0.25) is 0 Å². The molecule has 0 saturated heterocycles. The van der Waals surface area contributed by atoms with Crippen LogP contribution in [0, 0.1) is 0 Å². The van der Waals surface area contributed by atoms with Crippen molar-refractivity contribution in [2.24, 2.45) is 0 Å². The van der Waals surface area contributed by atoms with E-state index in [2.05, 4.69) is 20.3 Å². The van der Waals surface area contributed by atoms with Gasteiger partial charge in [0.1, 0.15) is 11.3 Å². The van der Waals surface area contributed by atoms with Crippen molar-refractivity contribution in [3.63, 3.8) is 0 Å². The third-order valence-corrected chi connectivity index (χ3v) is 3.03. The maximum atomic E-state index is 12.3. The summed E-state index contributed by atoms with van der Waals surface area (Å²) >= 11 is 1.16. The monoisotopic (exact) mass is 317 g/mol. The Balaban J connectivity index is 1.95. The van der Waals surface area contributed by atoms with Crippen LogP contribution in [0.5, 0.6) is 5.75 Å². The van der Waals surface area contributed by atoms with Crippen LogP contribution in [0.15, 0.2) is 29.8 Å². The van der Waals surface area contributed by atoms with Crippen molar-refractivity contribution in [2.75, 3.05) is 5.32 Å². The first kappa shape index (κ1) is 15.2. The minimum absolute atomic E-state index is 0.0117. The molecule has 9 heteroatoms. The van der Waals surface area contributed by atoms with Crippen molar-refractivity contribution >= 4 is 22.4 Å². The van der Waals surface area contributed by atoms with E-state index < -0.39 is 6.36 Å². The molecule has 0 radical (unpaired) electrons. The Morgan fingerprint density at radius 1 is 1.33 bits per heavy atom. The molecule has 112 valence electrons. The number of para-hydroxylation sites is 1. The van der Waals surface area contributed by atoms with Gasteiger partial charge in [-0.3, -0.25) is 4.79 Å². The minimum Gasteiger partial charge on any atom is -0.406 e. The highest BCUT2D eigenvalue weighted by atomic mass is 32.1. The lowest BCUT2D eigenvalue weighted by atomic mass is 10.1. The molecule has 1 amide bonds. The molecule has 0 aliphatic rings. The number of anilines is 1. The number of carbonyl (C=O) groups excluding carboxylic acids is 1. The SMILES string of the molecule is O=C(CCc1ccccc1OC(F)(F)F)Nc1nncs1. The second-order valence-electron chi connectivity index (χ2n) is 3.95. The third-order valence-electron chi connectivity index (χ3n) is 2.43. The summed E-state index contributed by atoms with van der Waals surface area (Å²) in [6, 6.07) is 5.72. The second kappa shape index (κ2) is 6.53. The Labute approximate surface area is 121 Å². The van der Waals surface area contributed by atoms with E-state index in [0.29, 0.717) is 10.7 Å². The zero-order valence-corrected chi connectivity index (χ0v) is 11.4. The quantitative estimate of drug-likeness (QED) is 0.921. The lowest BCUT2D eigenvalue weighted by Crippen LogP contribution is -2.18. The molecule has 1 aromatic heterocycles. The number of ether oxygens (including phenoxy) is 1. The molecule has 0 aliphatic carbocycles. The average Bonchev–Trinajstić information content (AvgIpc) is 2.89. The highest BCUT2D eigenvalue weighted by Gasteiger charge is 2.31. The predicted molar refractivity (Wildman–Crippen MR) is 70.0 cm³/mol. The maximum Gasteiger partial charge on any atom is 0.573 e. The van der Waals surface area contributed by atoms with Gasteiger partial charge in [-0.2, -0.15) is 0 Å². The minimum atomic E-state index is -4.76. The van der Waals surface area contributed by atoms with Gasteiger partial charge in [0.05, 0.1) is 0 Å². The molecule has 0 unspecified atom stereocenters. The van der Waals surface area contributed by atoms with Crippen LogP contribution in [0.25, 0.3) is 0 Å². The number of nitrogens with zero attached hydrogens (tertiary/aromatic N) is 2. The van der Waals surface area contributed by atoms with Crippen molar-refractivity contribution in [3.8, 4) is 5.75 Å². The molecule has 0 spiro atoms. The Kier molecular flexibility index (Phi) is 4.73. The summed E-state index contributed by atoms with van der Waals surface area (Å²) < 4.78 is 40.7. The van der Waals surface area contributed by atoms with E-state index in [-0.39, 0.29) is 24.5 Å². The van der Waals surface area contributed by atoms with Crippen molar-refractivity contribution in [1.82, 2.24) is 10.2 Å². The first-order chi connectivity index (χ1) is 9.94. The van der Waals surface area contributed by atoms with Gasteiger partial charge in [-0.25, -0.2) is 0 Å². The summed E-state index contributed by atoms with van der Waals surface area (Å²) in [5.41, 5.74) is 1.77. The van der Waals surface area contributed by atoms with Gasteiger partial charge in [0, 0.05) is 6.42 Å². The van der Waals surface area contributed by atoms with Crippen LogP contribution in [0.4, 0.5) is 18.3 Å². The Morgan fingerprint density at radius 3 is 2.76 bits per heavy atom. The van der Waals surface area contributed by atoms with Gasteiger partial charge in [0.25, 0.3) is 0 Å². The number of hydrogen-bond acceptors (Lipinski definition) is 5. The molecule has 5 nitrogen and oxygen atoms in total. The summed E-state index contributed by atoms with van der Waals surface area (Å²) in [5, 5.41) is 10.0. The molecule has 1 N–H and O–H groups in total. The van der Waals surface area contributed by atoms with Crippen molar-refractivity contribution < 1.29 is 22.7 Å². The molecule has 0 aliphatic heterocycles. The number of carbonyl (C=O) groups is 1. The highest BCUT2D eigenvalue weighted by molar-refractivity contribution is 7.13. The molecule has 2 rings (SSSR count). The van der Waals surface area contributed by atoms with Crippen molar-refractivity contribution in [2.45, 2.75) is 19.2 Å². The van der Waals surface area contributed by atoms with E-state index in [1.54, 1.807) is 6.07 Å². The van der Waals surface area contributed by atoms with Gasteiger partial charge in [0.15, 0.2) is 0 Å². The number of alkyl halides is 3. The first-order valence-electron chi connectivity index (χ1n) is 5.84. The van der Waals surface area contributed by atoms with Crippen molar-refractivity contribution in [3.05, 3.63) is 35.3 Å². The van der Waals surface area contributed by atoms with Gasteiger partial charge in [-0.15, -0.1) is 23.4 Å². The Morgan fingerprint density at radius 2 is 2.10 bits per heavy atom. The van der Waals surface area contributed by atoms with Crippen molar-refractivity contribution in [1.29, 1.82) is 0 Å². The van der Waals surface area contributed by atoms with Crippen LogP contribution in [-0.2, 0) is 11.2 Å². The van der Waals surface area contributed by atoms with E-state index in [9.17, 15) is 18.0 Å². The number of nitrogens with one attached hydrogen (secondary N) is 1. The Hall–Kier alpha value is -2.16. The fourth-order valence-corrected chi connectivity index (χ4v) is 2.05. The number of aryl methyl sites for hydroxylation is 1. The van der Waals surface area contributed by atoms with E-state index in [1.807, 2.05) is 0 Å². The summed E-state index contributed by atoms with van der Waals surface area (Å²) in [7, 11) is 0. The van der Waals surface area contributed by atoms with Gasteiger partial charge in [-0.1, -0.05) is 29.5 Å². The molecular formula is C12H10F3N3O2S. The zero-order chi connectivity index (χ0) is 15.3. The van der Waals surface area contributed by atoms with Crippen LogP contribution < -0.4 is 10.1 Å². The summed E-state index contributed by atoms with van der Waals surface area (Å²) in [4.78, 5) is 11.6. The predicted octanol–water partition coefficient (Wildman–Crippen LogP) is 3.01. The topological polar surface area (TPSA) is 64.1 Å². The molecule has 1 aromatic carbocycles. The molecular weight excluding hydrogens is 307 g/mol. The molecule has 0 fully saturated rings. The second-order valence-corrected chi connectivity index (χ2v) is 4.78. The molecule has 0 saturated carbocycles. The molecule has 21 heavy (non-hydrogen) atoms. The highest BCUT2D eigenvalue weighted by Crippen LogP contribution is 2.27. The smallest absolute Gasteiger partial charge is 0.406 e. The number of hydrogen-bond donors (Lipinski definition) is 1. The number of aromatic nitrogens is 2. The standard InChI is InChI=1S/C12H10F3N3O2S/c13-12(14,15)20-9-4-2-1-3-8(9)5-6-10(19)17-11-18-16-7-21-11/h1-4,7H,5-6H2,(H,17,18,19). The zero-order valence-electron chi connectivity index (χ0n) is 10.6. The summed E-state index contributed by atoms with van der Waals surface area (Å²) in [5.74, 6) is -0.651. The first-order valence-corrected chi connectivity index (χ1v) is 6.72. The number of rotatable bonds is 5. The van der Waals surface area contributed by atoms with Gasteiger partial charge in [-0.05, 0) is 18.1 Å². The Bertz CT molecular complexity index is 602. The third kappa shape index (κ3) is 5.03. The fourth-order valence-electron chi connectivity index (χ4n) is 1.59. The molecule has 1 heterocycles. The molecule has 2 aromatic rings. The van der Waals surface area contributed by atoms with E-state index in [0.717, 1.165) is 11.3 Å². The fraction of sp³-hybridized carbons (Fsp3) is 0.250. The summed E-state index contributed by atoms with van der Waals surface area (Å²) in [6.07, 6.45) is -4.63. The summed E-state index contributed by atoms with van der Waals surface area (Å²) in [6.45, 7) is 0. The van der Waals surface area contributed by atoms with E-state index >= 15 is 0 Å². The number of amides is 1. The maximum absolute atomic E-state index is 12.3. The molecule has 0 bridgehead atoms. The van der Waals surface area contributed by atoms with Gasteiger partial charge >= 0.3 is 6.36 Å². The van der Waals surface area contributed by atoms with Crippen LogP contribution in [-0.4, -0.2) is 22.5 Å². The van der Waals surface area contributed by atoms with Crippen LogP contribution in [0.3, 0.4) is 0 Å². The van der Waals surface area contributed by atoms with Crippen LogP contribution >= 0.6 is 11.3 Å². The van der Waals surface area contributed by atoms with Gasteiger partial charge < -0.3 is 10.1 Å². The lowest BCUT2D eigenvalue weighted by Gasteiger charge is -2.12.